The van der Waals surface area contributed by atoms with Gasteiger partial charge in [-0.1, -0.05) is 32.9 Å². The minimum Gasteiger partial charge on any atom is -0.360 e. The van der Waals surface area contributed by atoms with E-state index in [1.807, 2.05) is 0 Å². The second kappa shape index (κ2) is 8.20. The summed E-state index contributed by atoms with van der Waals surface area (Å²) in [6.45, 7) is 6.40. The predicted molar refractivity (Wildman–Crippen MR) is 96.9 cm³/mol. The summed E-state index contributed by atoms with van der Waals surface area (Å²) in [6, 6.07) is 1.17. The van der Waals surface area contributed by atoms with Crippen molar-refractivity contribution in [3.8, 4) is 6.07 Å². The molecule has 168 valence electrons. The summed E-state index contributed by atoms with van der Waals surface area (Å²) in [7, 11) is 0. The summed E-state index contributed by atoms with van der Waals surface area (Å²) >= 11 is 0. The van der Waals surface area contributed by atoms with E-state index >= 15 is 0 Å². The zero-order valence-electron chi connectivity index (χ0n) is 16.8. The highest BCUT2D eigenvalue weighted by atomic mass is 19.4. The van der Waals surface area contributed by atoms with Crippen LogP contribution in [0.1, 0.15) is 43.9 Å². The van der Waals surface area contributed by atoms with Crippen molar-refractivity contribution >= 4 is 11.5 Å². The van der Waals surface area contributed by atoms with Gasteiger partial charge in [0.2, 0.25) is 11.5 Å². The highest BCUT2D eigenvalue weighted by Gasteiger charge is 2.45. The van der Waals surface area contributed by atoms with Gasteiger partial charge in [-0.05, 0) is 12.2 Å². The first-order valence-corrected chi connectivity index (χ1v) is 8.88. The van der Waals surface area contributed by atoms with Crippen molar-refractivity contribution in [3.05, 3.63) is 40.8 Å². The maximum absolute atomic E-state index is 13.2. The van der Waals surface area contributed by atoms with Crippen LogP contribution < -0.4 is 5.43 Å². The Bertz CT molecular complexity index is 987. The third-order valence-electron chi connectivity index (χ3n) is 4.48. The summed E-state index contributed by atoms with van der Waals surface area (Å²) in [5.74, 6) is -2.13. The van der Waals surface area contributed by atoms with Crippen LogP contribution in [0.4, 0.5) is 26.3 Å². The molecule has 6 nitrogen and oxygen atoms in total. The van der Waals surface area contributed by atoms with Gasteiger partial charge in [-0.25, -0.2) is 0 Å². The molecule has 1 heterocycles. The maximum atomic E-state index is 13.2. The van der Waals surface area contributed by atoms with Crippen molar-refractivity contribution in [1.29, 1.82) is 5.26 Å². The average Bonchev–Trinajstić information content (AvgIpc) is 3.11. The number of carbonyl (C=O) groups is 1. The maximum Gasteiger partial charge on any atom is 0.416 e. The molecule has 2 atom stereocenters. The number of nitrogens with one attached hydrogen (secondary N) is 1. The number of hydrogen-bond donors (Lipinski definition) is 1. The molecule has 0 fully saturated rings. The summed E-state index contributed by atoms with van der Waals surface area (Å²) in [6.07, 6.45) is -9.48. The molecular formula is C19H18F6N4O2. The highest BCUT2D eigenvalue weighted by molar-refractivity contribution is 6.50. The quantitative estimate of drug-likeness (QED) is 0.314. The molecular weight excluding hydrogens is 430 g/mol. The van der Waals surface area contributed by atoms with Crippen molar-refractivity contribution in [3.63, 3.8) is 0 Å². The monoisotopic (exact) mass is 448 g/mol. The Kier molecular flexibility index (Phi) is 6.40. The molecule has 1 aromatic heterocycles. The van der Waals surface area contributed by atoms with E-state index < -0.39 is 52.4 Å². The Balaban J connectivity index is 2.33. The van der Waals surface area contributed by atoms with Crippen LogP contribution in [0.5, 0.6) is 0 Å². The SMILES string of the molecule is CC1C(C(F)(F)F)=CC(C(F)(F)F)=CC1N/N=C(\C#N)C(=O)c1cc(C(C)(C)C)on1. The van der Waals surface area contributed by atoms with Gasteiger partial charge in [0.1, 0.15) is 11.8 Å². The summed E-state index contributed by atoms with van der Waals surface area (Å²) in [4.78, 5) is 12.4. The van der Waals surface area contributed by atoms with Gasteiger partial charge < -0.3 is 9.95 Å². The molecule has 0 amide bonds. The Labute approximate surface area is 173 Å². The molecule has 1 aliphatic carbocycles. The molecule has 0 aliphatic heterocycles. The number of hydrogen-bond acceptors (Lipinski definition) is 6. The highest BCUT2D eigenvalue weighted by Crippen LogP contribution is 2.40. The van der Waals surface area contributed by atoms with E-state index in [0.29, 0.717) is 11.8 Å². The molecule has 1 N–H and O–H groups in total. The minimum atomic E-state index is -5.03. The first-order chi connectivity index (χ1) is 14.1. The molecule has 1 aromatic rings. The number of ketones is 1. The Morgan fingerprint density at radius 1 is 1.19 bits per heavy atom. The van der Waals surface area contributed by atoms with Crippen LogP contribution in [-0.2, 0) is 5.41 Å². The smallest absolute Gasteiger partial charge is 0.360 e. The molecule has 0 saturated heterocycles. The zero-order chi connectivity index (χ0) is 23.8. The molecule has 0 bridgehead atoms. The van der Waals surface area contributed by atoms with Crippen LogP contribution in [0.15, 0.2) is 39.0 Å². The molecule has 1 aliphatic rings. The standard InChI is InChI=1S/C19H18F6N4O2/c1-9-11(19(23,24)25)5-10(18(20,21)22)6-12(9)27-28-14(8-26)16(30)13-7-15(31-29-13)17(2,3)4/h5-7,9,12,27H,1-4H3/b28-14+. The van der Waals surface area contributed by atoms with E-state index in [2.05, 4.69) is 15.7 Å². The van der Waals surface area contributed by atoms with E-state index in [9.17, 15) is 36.4 Å². The fourth-order valence-corrected chi connectivity index (χ4v) is 2.67. The van der Waals surface area contributed by atoms with Gasteiger partial charge >= 0.3 is 12.4 Å². The topological polar surface area (TPSA) is 91.3 Å². The molecule has 12 heteroatoms. The van der Waals surface area contributed by atoms with Crippen molar-refractivity contribution in [2.24, 2.45) is 11.0 Å². The number of carbonyl (C=O) groups excluding carboxylic acids is 1. The number of Topliss-reactive ketones (excluding diaryl/α,β-unsaturated/α-hetero) is 1. The Morgan fingerprint density at radius 3 is 2.26 bits per heavy atom. The third kappa shape index (κ3) is 5.53. The van der Waals surface area contributed by atoms with Gasteiger partial charge in [0, 0.05) is 23.0 Å². The first-order valence-electron chi connectivity index (χ1n) is 8.88. The number of nitriles is 1. The lowest BCUT2D eigenvalue weighted by Gasteiger charge is -2.30. The second-order valence-corrected chi connectivity index (χ2v) is 7.89. The van der Waals surface area contributed by atoms with Crippen LogP contribution >= 0.6 is 0 Å². The van der Waals surface area contributed by atoms with Crippen molar-refractivity contribution < 1.29 is 35.7 Å². The van der Waals surface area contributed by atoms with Gasteiger partial charge in [0.15, 0.2) is 5.69 Å². The summed E-state index contributed by atoms with van der Waals surface area (Å²) in [5, 5.41) is 16.2. The molecule has 0 saturated carbocycles. The van der Waals surface area contributed by atoms with Crippen molar-refractivity contribution in [2.45, 2.75) is 51.5 Å². The van der Waals surface area contributed by atoms with Gasteiger partial charge in [-0.15, -0.1) is 0 Å². The van der Waals surface area contributed by atoms with E-state index in [0.717, 1.165) is 6.92 Å². The predicted octanol–water partition coefficient (Wildman–Crippen LogP) is 4.62. The molecule has 0 spiro atoms. The molecule has 0 radical (unpaired) electrons. The van der Waals surface area contributed by atoms with Gasteiger partial charge in [-0.3, -0.25) is 4.79 Å². The lowest BCUT2D eigenvalue weighted by molar-refractivity contribution is -0.104. The number of nitrogens with zero attached hydrogens (tertiary/aromatic N) is 3. The van der Waals surface area contributed by atoms with Crippen LogP contribution in [-0.4, -0.2) is 35.0 Å². The van der Waals surface area contributed by atoms with Crippen molar-refractivity contribution in [2.75, 3.05) is 0 Å². The van der Waals surface area contributed by atoms with E-state index in [1.165, 1.54) is 12.1 Å². The number of rotatable bonds is 4. The lowest BCUT2D eigenvalue weighted by atomic mass is 9.85. The normalized spacial score (nSPS) is 20.6. The minimum absolute atomic E-state index is 0.0341. The number of alkyl halides is 6. The molecule has 0 aromatic carbocycles. The molecule has 2 rings (SSSR count). The molecule has 31 heavy (non-hydrogen) atoms. The fraction of sp³-hybridized carbons (Fsp3) is 0.474. The van der Waals surface area contributed by atoms with Gasteiger partial charge in [0.05, 0.1) is 11.6 Å². The van der Waals surface area contributed by atoms with Gasteiger partial charge in [-0.2, -0.15) is 36.7 Å². The second-order valence-electron chi connectivity index (χ2n) is 7.89. The average molecular weight is 448 g/mol. The number of halogens is 6. The molecule has 2 unspecified atom stereocenters. The van der Waals surface area contributed by atoms with Crippen LogP contribution in [0.2, 0.25) is 0 Å². The van der Waals surface area contributed by atoms with Crippen molar-refractivity contribution in [1.82, 2.24) is 10.6 Å². The van der Waals surface area contributed by atoms with Crippen LogP contribution in [0.3, 0.4) is 0 Å². The van der Waals surface area contributed by atoms with Gasteiger partial charge in [0.25, 0.3) is 0 Å². The number of allylic oxidation sites excluding steroid dienone is 2. The fourth-order valence-electron chi connectivity index (χ4n) is 2.67. The Hall–Kier alpha value is -3.10. The van der Waals surface area contributed by atoms with Crippen LogP contribution in [0.25, 0.3) is 0 Å². The number of hydrazone groups is 1. The largest absolute Gasteiger partial charge is 0.416 e. The van der Waals surface area contributed by atoms with E-state index in [-0.39, 0.29) is 11.8 Å². The lowest BCUT2D eigenvalue weighted by Crippen LogP contribution is -2.39. The first kappa shape index (κ1) is 24.2. The summed E-state index contributed by atoms with van der Waals surface area (Å²) in [5.41, 5.74) is -2.41. The zero-order valence-corrected chi connectivity index (χ0v) is 16.8. The Morgan fingerprint density at radius 2 is 1.81 bits per heavy atom. The number of aromatic nitrogens is 1. The summed E-state index contributed by atoms with van der Waals surface area (Å²) < 4.78 is 83.7. The van der Waals surface area contributed by atoms with E-state index in [4.69, 9.17) is 4.52 Å². The third-order valence-corrected chi connectivity index (χ3v) is 4.48. The van der Waals surface area contributed by atoms with Crippen LogP contribution in [0, 0.1) is 17.2 Å². The van der Waals surface area contributed by atoms with E-state index in [1.54, 1.807) is 20.8 Å².